The molecule has 3 heterocycles. The minimum Gasteiger partial charge on any atom is -0.357 e. The number of aromatic nitrogens is 1. The van der Waals surface area contributed by atoms with E-state index in [9.17, 15) is 4.79 Å². The van der Waals surface area contributed by atoms with Crippen LogP contribution in [0.1, 0.15) is 34.8 Å². The Labute approximate surface area is 183 Å². The number of carbonyl (C=O) groups excluding carboxylic acids is 1. The second kappa shape index (κ2) is 10.3. The Morgan fingerprint density at radius 3 is 2.57 bits per heavy atom. The summed E-state index contributed by atoms with van der Waals surface area (Å²) < 4.78 is 0. The molecule has 2 aliphatic heterocycles. The zero-order valence-corrected chi connectivity index (χ0v) is 17.9. The first-order chi connectivity index (χ1) is 12.7. The van der Waals surface area contributed by atoms with Crippen molar-refractivity contribution in [3.05, 3.63) is 58.7 Å². The maximum absolute atomic E-state index is 13.1. The van der Waals surface area contributed by atoms with Gasteiger partial charge in [0.1, 0.15) is 5.82 Å². The summed E-state index contributed by atoms with van der Waals surface area (Å²) in [5.41, 5.74) is 1.70. The van der Waals surface area contributed by atoms with E-state index in [1.54, 1.807) is 6.20 Å². The fourth-order valence-electron chi connectivity index (χ4n) is 3.77. The Kier molecular flexibility index (Phi) is 8.38. The Bertz CT molecular complexity index is 781. The number of pyridine rings is 1. The molecule has 152 valence electrons. The SMILES string of the molecule is Cl.Cl.O=C(c1ccc(N2CCCC2)nc1)N1CCNCC1c1cccc(Cl)c1. The van der Waals surface area contributed by atoms with E-state index < -0.39 is 0 Å². The topological polar surface area (TPSA) is 48.5 Å². The quantitative estimate of drug-likeness (QED) is 0.780. The molecule has 0 radical (unpaired) electrons. The molecule has 1 atom stereocenters. The van der Waals surface area contributed by atoms with Gasteiger partial charge in [-0.05, 0) is 42.7 Å². The number of rotatable bonds is 3. The highest BCUT2D eigenvalue weighted by atomic mass is 35.5. The third-order valence-corrected chi connectivity index (χ3v) is 5.40. The van der Waals surface area contributed by atoms with Gasteiger partial charge in [0.2, 0.25) is 0 Å². The number of hydrogen-bond acceptors (Lipinski definition) is 4. The summed E-state index contributed by atoms with van der Waals surface area (Å²) in [6, 6.07) is 11.6. The van der Waals surface area contributed by atoms with E-state index in [-0.39, 0.29) is 36.8 Å². The van der Waals surface area contributed by atoms with Crippen molar-refractivity contribution >= 4 is 48.1 Å². The predicted octanol–water partition coefficient (Wildman–Crippen LogP) is 3.97. The first-order valence-electron chi connectivity index (χ1n) is 9.20. The monoisotopic (exact) mass is 442 g/mol. The fourth-order valence-corrected chi connectivity index (χ4v) is 3.97. The molecule has 28 heavy (non-hydrogen) atoms. The van der Waals surface area contributed by atoms with Gasteiger partial charge in [-0.15, -0.1) is 24.8 Å². The Balaban J connectivity index is 0.00000140. The largest absolute Gasteiger partial charge is 0.357 e. The van der Waals surface area contributed by atoms with E-state index in [0.717, 1.165) is 37.6 Å². The van der Waals surface area contributed by atoms with E-state index in [1.807, 2.05) is 41.3 Å². The number of piperazine rings is 1. The lowest BCUT2D eigenvalue weighted by Crippen LogP contribution is -2.48. The first-order valence-corrected chi connectivity index (χ1v) is 9.58. The molecule has 8 heteroatoms. The third-order valence-electron chi connectivity index (χ3n) is 5.16. The smallest absolute Gasteiger partial charge is 0.256 e. The summed E-state index contributed by atoms with van der Waals surface area (Å²) in [6.45, 7) is 4.29. The van der Waals surface area contributed by atoms with Crippen molar-refractivity contribution in [3.63, 3.8) is 0 Å². The highest BCUT2D eigenvalue weighted by molar-refractivity contribution is 6.30. The molecule has 1 N–H and O–H groups in total. The number of nitrogens with zero attached hydrogens (tertiary/aromatic N) is 3. The lowest BCUT2D eigenvalue weighted by molar-refractivity contribution is 0.0634. The summed E-state index contributed by atoms with van der Waals surface area (Å²) in [7, 11) is 0. The third kappa shape index (κ3) is 4.90. The van der Waals surface area contributed by atoms with E-state index in [0.29, 0.717) is 17.1 Å². The Morgan fingerprint density at radius 2 is 1.89 bits per heavy atom. The number of benzene rings is 1. The van der Waals surface area contributed by atoms with Crippen molar-refractivity contribution in [1.29, 1.82) is 0 Å². The molecule has 0 saturated carbocycles. The number of nitrogens with one attached hydrogen (secondary N) is 1. The number of hydrogen-bond donors (Lipinski definition) is 1. The maximum Gasteiger partial charge on any atom is 0.256 e. The average molecular weight is 444 g/mol. The van der Waals surface area contributed by atoms with Gasteiger partial charge < -0.3 is 15.1 Å². The summed E-state index contributed by atoms with van der Waals surface area (Å²) in [6.07, 6.45) is 4.14. The van der Waals surface area contributed by atoms with Crippen LogP contribution in [0.5, 0.6) is 0 Å². The van der Waals surface area contributed by atoms with Crippen LogP contribution in [0.3, 0.4) is 0 Å². The van der Waals surface area contributed by atoms with E-state index >= 15 is 0 Å². The summed E-state index contributed by atoms with van der Waals surface area (Å²) in [5, 5.41) is 4.07. The molecule has 2 aromatic rings. The highest BCUT2D eigenvalue weighted by Crippen LogP contribution is 2.26. The van der Waals surface area contributed by atoms with Gasteiger partial charge in [0, 0.05) is 43.9 Å². The van der Waals surface area contributed by atoms with Crippen LogP contribution in [0, 0.1) is 0 Å². The molecule has 0 bridgehead atoms. The van der Waals surface area contributed by atoms with Gasteiger partial charge in [0.05, 0.1) is 11.6 Å². The van der Waals surface area contributed by atoms with Crippen LogP contribution in [0.4, 0.5) is 5.82 Å². The van der Waals surface area contributed by atoms with Crippen molar-refractivity contribution in [2.24, 2.45) is 0 Å². The summed E-state index contributed by atoms with van der Waals surface area (Å²) >= 11 is 6.15. The van der Waals surface area contributed by atoms with Crippen molar-refractivity contribution in [3.8, 4) is 0 Å². The van der Waals surface area contributed by atoms with E-state index in [4.69, 9.17) is 11.6 Å². The van der Waals surface area contributed by atoms with E-state index in [2.05, 4.69) is 15.2 Å². The van der Waals surface area contributed by atoms with Crippen LogP contribution in [0.15, 0.2) is 42.6 Å². The van der Waals surface area contributed by atoms with Crippen LogP contribution in [-0.2, 0) is 0 Å². The van der Waals surface area contributed by atoms with E-state index in [1.165, 1.54) is 12.8 Å². The van der Waals surface area contributed by atoms with Crippen LogP contribution >= 0.6 is 36.4 Å². The lowest BCUT2D eigenvalue weighted by atomic mass is 10.0. The second-order valence-corrected chi connectivity index (χ2v) is 7.31. The zero-order chi connectivity index (χ0) is 17.9. The molecular formula is C20H25Cl3N4O. The highest BCUT2D eigenvalue weighted by Gasteiger charge is 2.29. The van der Waals surface area contributed by atoms with Crippen LogP contribution in [0.2, 0.25) is 5.02 Å². The van der Waals surface area contributed by atoms with Gasteiger partial charge >= 0.3 is 0 Å². The second-order valence-electron chi connectivity index (χ2n) is 6.87. The molecule has 4 rings (SSSR count). The predicted molar refractivity (Wildman–Crippen MR) is 118 cm³/mol. The molecule has 5 nitrogen and oxygen atoms in total. The number of amides is 1. The normalized spacial score (nSPS) is 19.0. The standard InChI is InChI=1S/C20H23ClN4O.2ClH/c21-17-5-3-4-15(12-17)18-14-22-8-11-25(18)20(26)16-6-7-19(23-13-16)24-9-1-2-10-24;;/h3-7,12-13,18,22H,1-2,8-11,14H2;2*1H. The maximum atomic E-state index is 13.1. The number of halogens is 3. The first kappa shape index (κ1) is 22.8. The van der Waals surface area contributed by atoms with Gasteiger partial charge in [-0.3, -0.25) is 4.79 Å². The minimum absolute atomic E-state index is 0. The molecular weight excluding hydrogens is 419 g/mol. The molecule has 0 spiro atoms. The molecule has 1 unspecified atom stereocenters. The average Bonchev–Trinajstić information content (AvgIpc) is 3.22. The van der Waals surface area contributed by atoms with Gasteiger partial charge in [-0.25, -0.2) is 4.98 Å². The zero-order valence-electron chi connectivity index (χ0n) is 15.5. The molecule has 1 aromatic carbocycles. The van der Waals surface area contributed by atoms with Crippen molar-refractivity contribution < 1.29 is 4.79 Å². The molecule has 2 fully saturated rings. The van der Waals surface area contributed by atoms with Gasteiger partial charge in [-0.1, -0.05) is 23.7 Å². The van der Waals surface area contributed by atoms with Crippen molar-refractivity contribution in [1.82, 2.24) is 15.2 Å². The van der Waals surface area contributed by atoms with Gasteiger partial charge in [0.15, 0.2) is 0 Å². The van der Waals surface area contributed by atoms with Gasteiger partial charge in [-0.2, -0.15) is 0 Å². The molecule has 0 aliphatic carbocycles. The lowest BCUT2D eigenvalue weighted by Gasteiger charge is -2.36. The summed E-state index contributed by atoms with van der Waals surface area (Å²) in [5.74, 6) is 0.989. The number of carbonyl (C=O) groups is 1. The number of anilines is 1. The van der Waals surface area contributed by atoms with Crippen molar-refractivity contribution in [2.75, 3.05) is 37.6 Å². The summed E-state index contributed by atoms with van der Waals surface area (Å²) in [4.78, 5) is 21.8. The molecule has 1 amide bonds. The van der Waals surface area contributed by atoms with Crippen LogP contribution in [0.25, 0.3) is 0 Å². The fraction of sp³-hybridized carbons (Fsp3) is 0.400. The Morgan fingerprint density at radius 1 is 1.11 bits per heavy atom. The molecule has 2 saturated heterocycles. The van der Waals surface area contributed by atoms with Crippen LogP contribution in [-0.4, -0.2) is 48.5 Å². The Hall–Kier alpha value is -1.53. The van der Waals surface area contributed by atoms with Gasteiger partial charge in [0.25, 0.3) is 5.91 Å². The molecule has 2 aliphatic rings. The van der Waals surface area contributed by atoms with Crippen LogP contribution < -0.4 is 10.2 Å². The van der Waals surface area contributed by atoms with Crippen molar-refractivity contribution in [2.45, 2.75) is 18.9 Å². The minimum atomic E-state index is -0.0202. The molecule has 1 aromatic heterocycles.